The van der Waals surface area contributed by atoms with Crippen LogP contribution in [-0.4, -0.2) is 46.4 Å². The lowest BCUT2D eigenvalue weighted by Gasteiger charge is -2.34. The zero-order valence-corrected chi connectivity index (χ0v) is 15.8. The van der Waals surface area contributed by atoms with Gasteiger partial charge in [-0.15, -0.1) is 0 Å². The van der Waals surface area contributed by atoms with Crippen molar-refractivity contribution in [3.8, 4) is 5.75 Å². The maximum absolute atomic E-state index is 13.0. The lowest BCUT2D eigenvalue weighted by Crippen LogP contribution is -2.46. The molecule has 6 nitrogen and oxygen atoms in total. The third-order valence-corrected chi connectivity index (χ3v) is 4.79. The van der Waals surface area contributed by atoms with Crippen LogP contribution in [0.3, 0.4) is 0 Å². The first kappa shape index (κ1) is 19.1. The van der Waals surface area contributed by atoms with Crippen LogP contribution in [0.25, 0.3) is 0 Å². The normalized spacial score (nSPS) is 19.4. The van der Waals surface area contributed by atoms with Crippen molar-refractivity contribution in [3.05, 3.63) is 23.8 Å². The number of hydrogen-bond acceptors (Lipinski definition) is 6. The van der Waals surface area contributed by atoms with Gasteiger partial charge in [-0.25, -0.2) is 0 Å². The molecule has 0 spiro atoms. The smallest absolute Gasteiger partial charge is 0.318 e. The fourth-order valence-corrected chi connectivity index (χ4v) is 3.70. The molecule has 0 aromatic heterocycles. The SMILES string of the molecule is CCOC(=O)C1(CC(C)(C)C(=O)OC)CN(C)c2ccc(OC)cc21. The second-order valence-corrected chi connectivity index (χ2v) is 7.09. The Morgan fingerprint density at radius 1 is 1.28 bits per heavy atom. The van der Waals surface area contributed by atoms with Gasteiger partial charge in [0.25, 0.3) is 0 Å². The monoisotopic (exact) mass is 349 g/mol. The molecule has 2 rings (SSSR count). The van der Waals surface area contributed by atoms with Crippen molar-refractivity contribution in [3.63, 3.8) is 0 Å². The molecule has 0 fully saturated rings. The first-order chi connectivity index (χ1) is 11.7. The summed E-state index contributed by atoms with van der Waals surface area (Å²) in [5.41, 5.74) is -0.0291. The summed E-state index contributed by atoms with van der Waals surface area (Å²) < 4.78 is 15.7. The second-order valence-electron chi connectivity index (χ2n) is 7.09. The highest BCUT2D eigenvalue weighted by Gasteiger charge is 2.53. The molecule has 0 amide bonds. The number of carbonyl (C=O) groups is 2. The minimum absolute atomic E-state index is 0.280. The van der Waals surface area contributed by atoms with Crippen LogP contribution in [0.5, 0.6) is 5.75 Å². The van der Waals surface area contributed by atoms with E-state index in [-0.39, 0.29) is 25.0 Å². The van der Waals surface area contributed by atoms with Gasteiger partial charge in [0.05, 0.1) is 26.2 Å². The first-order valence-corrected chi connectivity index (χ1v) is 8.37. The number of methoxy groups -OCH3 is 2. The summed E-state index contributed by atoms with van der Waals surface area (Å²) >= 11 is 0. The van der Waals surface area contributed by atoms with E-state index in [1.54, 1.807) is 27.9 Å². The Labute approximate surface area is 149 Å². The molecule has 1 unspecified atom stereocenters. The molecule has 1 atom stereocenters. The number of benzene rings is 1. The Kier molecular flexibility index (Phi) is 5.30. The fourth-order valence-electron chi connectivity index (χ4n) is 3.70. The van der Waals surface area contributed by atoms with Gasteiger partial charge in [-0.2, -0.15) is 0 Å². The van der Waals surface area contributed by atoms with Crippen LogP contribution >= 0.6 is 0 Å². The number of rotatable bonds is 6. The van der Waals surface area contributed by atoms with Gasteiger partial charge in [-0.3, -0.25) is 9.59 Å². The van der Waals surface area contributed by atoms with Crippen LogP contribution in [0, 0.1) is 5.41 Å². The standard InChI is InChI=1S/C19H27NO5/c1-7-25-17(22)19(11-18(2,3)16(21)24-6)12-20(4)15-9-8-13(23-5)10-14(15)19/h8-10H,7,11-12H2,1-6H3. The molecule has 0 aliphatic carbocycles. The molecule has 0 saturated carbocycles. The Morgan fingerprint density at radius 2 is 1.96 bits per heavy atom. The van der Waals surface area contributed by atoms with E-state index in [1.807, 2.05) is 30.1 Å². The van der Waals surface area contributed by atoms with E-state index in [1.165, 1.54) is 7.11 Å². The average Bonchev–Trinajstić information content (AvgIpc) is 2.86. The van der Waals surface area contributed by atoms with E-state index in [0.717, 1.165) is 11.3 Å². The third kappa shape index (κ3) is 3.30. The van der Waals surface area contributed by atoms with Crippen LogP contribution < -0.4 is 9.64 Å². The molecule has 0 saturated heterocycles. The van der Waals surface area contributed by atoms with Gasteiger partial charge in [0, 0.05) is 19.3 Å². The number of hydrogen-bond donors (Lipinski definition) is 0. The van der Waals surface area contributed by atoms with E-state index >= 15 is 0 Å². The quantitative estimate of drug-likeness (QED) is 0.736. The summed E-state index contributed by atoms with van der Waals surface area (Å²) in [7, 11) is 4.88. The second kappa shape index (κ2) is 6.94. The largest absolute Gasteiger partial charge is 0.497 e. The predicted molar refractivity (Wildman–Crippen MR) is 95.0 cm³/mol. The van der Waals surface area contributed by atoms with Gasteiger partial charge in [-0.05, 0) is 51.0 Å². The lowest BCUT2D eigenvalue weighted by molar-refractivity contribution is -0.156. The highest BCUT2D eigenvalue weighted by Crippen LogP contribution is 2.48. The molecule has 138 valence electrons. The topological polar surface area (TPSA) is 65.1 Å². The summed E-state index contributed by atoms with van der Waals surface area (Å²) in [6.45, 7) is 6.08. The highest BCUT2D eigenvalue weighted by atomic mass is 16.5. The van der Waals surface area contributed by atoms with Gasteiger partial charge in [-0.1, -0.05) is 0 Å². The molecular weight excluding hydrogens is 322 g/mol. The van der Waals surface area contributed by atoms with E-state index in [0.29, 0.717) is 12.3 Å². The fraction of sp³-hybridized carbons (Fsp3) is 0.579. The first-order valence-electron chi connectivity index (χ1n) is 8.37. The van der Waals surface area contributed by atoms with E-state index in [9.17, 15) is 9.59 Å². The summed E-state index contributed by atoms with van der Waals surface area (Å²) in [6, 6.07) is 5.66. The van der Waals surface area contributed by atoms with E-state index in [2.05, 4.69) is 0 Å². The number of fused-ring (bicyclic) bond motifs is 1. The minimum Gasteiger partial charge on any atom is -0.497 e. The molecule has 6 heteroatoms. The molecular formula is C19H27NO5. The summed E-state index contributed by atoms with van der Waals surface area (Å²) in [5, 5.41) is 0. The predicted octanol–water partition coefficient (Wildman–Crippen LogP) is 2.54. The van der Waals surface area contributed by atoms with Gasteiger partial charge in [0.15, 0.2) is 0 Å². The number of nitrogens with zero attached hydrogens (tertiary/aromatic N) is 1. The van der Waals surface area contributed by atoms with Gasteiger partial charge < -0.3 is 19.1 Å². The average molecular weight is 349 g/mol. The number of ether oxygens (including phenoxy) is 3. The van der Waals surface area contributed by atoms with Crippen molar-refractivity contribution >= 4 is 17.6 Å². The molecule has 25 heavy (non-hydrogen) atoms. The number of anilines is 1. The summed E-state index contributed by atoms with van der Waals surface area (Å²) in [6.07, 6.45) is 0.288. The maximum atomic E-state index is 13.0. The maximum Gasteiger partial charge on any atom is 0.318 e. The van der Waals surface area contributed by atoms with Crippen molar-refractivity contribution in [1.29, 1.82) is 0 Å². The Bertz CT molecular complexity index is 670. The van der Waals surface area contributed by atoms with Crippen LogP contribution in [0.15, 0.2) is 18.2 Å². The number of carbonyl (C=O) groups excluding carboxylic acids is 2. The molecule has 1 aromatic rings. The van der Waals surface area contributed by atoms with Gasteiger partial charge in [0.2, 0.25) is 0 Å². The van der Waals surface area contributed by atoms with Crippen molar-refractivity contribution in [2.45, 2.75) is 32.6 Å². The zero-order chi connectivity index (χ0) is 18.8. The number of esters is 2. The van der Waals surface area contributed by atoms with Crippen LogP contribution in [-0.2, 0) is 24.5 Å². The van der Waals surface area contributed by atoms with Crippen LogP contribution in [0.2, 0.25) is 0 Å². The Hall–Kier alpha value is -2.24. The van der Waals surface area contributed by atoms with Crippen molar-refractivity contribution in [2.75, 3.05) is 39.3 Å². The summed E-state index contributed by atoms with van der Waals surface area (Å²) in [5.74, 6) is -0.0143. The molecule has 0 N–H and O–H groups in total. The zero-order valence-electron chi connectivity index (χ0n) is 15.8. The highest BCUT2D eigenvalue weighted by molar-refractivity contribution is 5.91. The Morgan fingerprint density at radius 3 is 2.52 bits per heavy atom. The number of likely N-dealkylation sites (N-methyl/N-ethyl adjacent to an activating group) is 1. The van der Waals surface area contributed by atoms with Gasteiger partial charge >= 0.3 is 11.9 Å². The van der Waals surface area contributed by atoms with Gasteiger partial charge in [0.1, 0.15) is 11.2 Å². The molecule has 0 bridgehead atoms. The lowest BCUT2D eigenvalue weighted by atomic mass is 9.69. The Balaban J connectivity index is 2.60. The molecule has 1 aliphatic rings. The minimum atomic E-state index is -0.952. The molecule has 1 aromatic carbocycles. The third-order valence-electron chi connectivity index (χ3n) is 4.79. The van der Waals surface area contributed by atoms with E-state index in [4.69, 9.17) is 14.2 Å². The summed E-state index contributed by atoms with van der Waals surface area (Å²) in [4.78, 5) is 27.3. The van der Waals surface area contributed by atoms with Crippen molar-refractivity contribution < 1.29 is 23.8 Å². The van der Waals surface area contributed by atoms with Crippen molar-refractivity contribution in [1.82, 2.24) is 0 Å². The van der Waals surface area contributed by atoms with E-state index < -0.39 is 10.8 Å². The molecule has 1 heterocycles. The van der Waals surface area contributed by atoms with Crippen LogP contribution in [0.1, 0.15) is 32.8 Å². The molecule has 1 aliphatic heterocycles. The molecule has 0 radical (unpaired) electrons. The van der Waals surface area contributed by atoms with Crippen molar-refractivity contribution in [2.24, 2.45) is 5.41 Å². The van der Waals surface area contributed by atoms with Crippen LogP contribution in [0.4, 0.5) is 5.69 Å².